The zero-order valence-electron chi connectivity index (χ0n) is 20.7. The lowest BCUT2D eigenvalue weighted by Gasteiger charge is -2.23. The Morgan fingerprint density at radius 3 is 2.55 bits per heavy atom. The summed E-state index contributed by atoms with van der Waals surface area (Å²) in [5.74, 6) is 0.546. The van der Waals surface area contributed by atoms with Crippen LogP contribution in [0.1, 0.15) is 32.1 Å². The lowest BCUT2D eigenvalue weighted by atomic mass is 9.98. The summed E-state index contributed by atoms with van der Waals surface area (Å²) in [7, 11) is 0. The quantitative estimate of drug-likeness (QED) is 0.253. The van der Waals surface area contributed by atoms with Gasteiger partial charge in [0.1, 0.15) is 11.6 Å². The van der Waals surface area contributed by atoms with Crippen molar-refractivity contribution in [1.82, 2.24) is 25.1 Å². The van der Waals surface area contributed by atoms with Gasteiger partial charge in [-0.1, -0.05) is 36.8 Å². The SMILES string of the molecule is Fc1ccccc1-c1cccc2[nH]c(-c3[nH]nc4ncc(-c5cncc(OC6CCCCC6)c5)cc34)cc12. The van der Waals surface area contributed by atoms with Crippen molar-refractivity contribution >= 4 is 21.9 Å². The molecule has 4 heterocycles. The first-order chi connectivity index (χ1) is 18.7. The van der Waals surface area contributed by atoms with E-state index in [1.54, 1.807) is 18.3 Å². The molecule has 1 fully saturated rings. The minimum Gasteiger partial charge on any atom is -0.489 e. The van der Waals surface area contributed by atoms with Crippen LogP contribution in [-0.2, 0) is 0 Å². The van der Waals surface area contributed by atoms with Crippen LogP contribution in [0.15, 0.2) is 79.3 Å². The Kier molecular flexibility index (Phi) is 5.61. The maximum Gasteiger partial charge on any atom is 0.181 e. The number of fused-ring (bicyclic) bond motifs is 2. The van der Waals surface area contributed by atoms with E-state index in [0.29, 0.717) is 11.2 Å². The summed E-state index contributed by atoms with van der Waals surface area (Å²) in [6.45, 7) is 0. The molecule has 4 aromatic heterocycles. The molecule has 0 atom stereocenters. The van der Waals surface area contributed by atoms with Crippen molar-refractivity contribution in [2.45, 2.75) is 38.2 Å². The number of benzene rings is 2. The second kappa shape index (κ2) is 9.41. The molecule has 38 heavy (non-hydrogen) atoms. The largest absolute Gasteiger partial charge is 0.489 e. The summed E-state index contributed by atoms with van der Waals surface area (Å²) in [6.07, 6.45) is 11.6. The summed E-state index contributed by atoms with van der Waals surface area (Å²) in [5, 5.41) is 9.41. The lowest BCUT2D eigenvalue weighted by molar-refractivity contribution is 0.154. The first-order valence-electron chi connectivity index (χ1n) is 13.1. The van der Waals surface area contributed by atoms with Crippen LogP contribution in [0, 0.1) is 5.82 Å². The average molecular weight is 504 g/mol. The minimum absolute atomic E-state index is 0.244. The average Bonchev–Trinajstić information content (AvgIpc) is 3.58. The number of aromatic amines is 2. The van der Waals surface area contributed by atoms with Gasteiger partial charge < -0.3 is 9.72 Å². The van der Waals surface area contributed by atoms with E-state index in [0.717, 1.165) is 63.0 Å². The molecule has 7 heteroatoms. The van der Waals surface area contributed by atoms with Crippen molar-refractivity contribution in [3.63, 3.8) is 0 Å². The van der Waals surface area contributed by atoms with Crippen LogP contribution in [0.5, 0.6) is 5.75 Å². The third-order valence-electron chi connectivity index (χ3n) is 7.41. The molecule has 0 bridgehead atoms. The van der Waals surface area contributed by atoms with E-state index in [2.05, 4.69) is 31.2 Å². The van der Waals surface area contributed by atoms with Crippen molar-refractivity contribution in [3.05, 3.63) is 85.1 Å². The first kappa shape index (κ1) is 22.7. The van der Waals surface area contributed by atoms with Gasteiger partial charge in [0.05, 0.1) is 23.7 Å². The number of aromatic nitrogens is 5. The lowest BCUT2D eigenvalue weighted by Crippen LogP contribution is -2.19. The van der Waals surface area contributed by atoms with Gasteiger partial charge in [-0.2, -0.15) is 5.10 Å². The van der Waals surface area contributed by atoms with Crippen LogP contribution < -0.4 is 4.74 Å². The molecule has 0 unspecified atom stereocenters. The van der Waals surface area contributed by atoms with E-state index >= 15 is 0 Å². The molecule has 1 saturated carbocycles. The zero-order chi connectivity index (χ0) is 25.5. The Morgan fingerprint density at radius 1 is 0.816 bits per heavy atom. The van der Waals surface area contributed by atoms with Crippen LogP contribution in [0.4, 0.5) is 4.39 Å². The summed E-state index contributed by atoms with van der Waals surface area (Å²) >= 11 is 0. The van der Waals surface area contributed by atoms with Crippen molar-refractivity contribution in [1.29, 1.82) is 0 Å². The van der Waals surface area contributed by atoms with E-state index in [-0.39, 0.29) is 11.9 Å². The maximum absolute atomic E-state index is 14.6. The summed E-state index contributed by atoms with van der Waals surface area (Å²) in [5.41, 5.74) is 6.52. The van der Waals surface area contributed by atoms with Gasteiger partial charge >= 0.3 is 0 Å². The topological polar surface area (TPSA) is 79.5 Å². The van der Waals surface area contributed by atoms with E-state index < -0.39 is 0 Å². The molecule has 7 rings (SSSR count). The number of hydrogen-bond acceptors (Lipinski definition) is 4. The third-order valence-corrected chi connectivity index (χ3v) is 7.41. The molecule has 1 aliphatic carbocycles. The number of halogens is 1. The van der Waals surface area contributed by atoms with Crippen LogP contribution >= 0.6 is 0 Å². The van der Waals surface area contributed by atoms with Gasteiger partial charge in [0.25, 0.3) is 0 Å². The van der Waals surface area contributed by atoms with E-state index in [9.17, 15) is 4.39 Å². The van der Waals surface area contributed by atoms with Crippen molar-refractivity contribution in [3.8, 4) is 39.4 Å². The second-order valence-electron chi connectivity index (χ2n) is 9.91. The van der Waals surface area contributed by atoms with Crippen LogP contribution in [0.2, 0.25) is 0 Å². The van der Waals surface area contributed by atoms with Crippen molar-refractivity contribution < 1.29 is 9.13 Å². The highest BCUT2D eigenvalue weighted by Crippen LogP contribution is 2.36. The fourth-order valence-corrected chi connectivity index (χ4v) is 5.48. The number of H-pyrrole nitrogens is 2. The molecule has 0 aliphatic heterocycles. The highest BCUT2D eigenvalue weighted by atomic mass is 19.1. The molecule has 2 aromatic carbocycles. The number of pyridine rings is 2. The third kappa shape index (κ3) is 4.10. The van der Waals surface area contributed by atoms with Crippen LogP contribution in [0.3, 0.4) is 0 Å². The van der Waals surface area contributed by atoms with Crippen LogP contribution in [0.25, 0.3) is 55.6 Å². The molecule has 0 saturated heterocycles. The maximum atomic E-state index is 14.6. The van der Waals surface area contributed by atoms with Gasteiger partial charge in [-0.3, -0.25) is 10.1 Å². The molecule has 1 aliphatic rings. The second-order valence-corrected chi connectivity index (χ2v) is 9.91. The van der Waals surface area contributed by atoms with Gasteiger partial charge in [-0.25, -0.2) is 9.37 Å². The Hall–Kier alpha value is -4.52. The zero-order valence-corrected chi connectivity index (χ0v) is 20.7. The highest BCUT2D eigenvalue weighted by Gasteiger charge is 2.17. The summed E-state index contributed by atoms with van der Waals surface area (Å²) in [6, 6.07) is 18.9. The Morgan fingerprint density at radius 2 is 1.66 bits per heavy atom. The molecule has 6 aromatic rings. The molecule has 0 spiro atoms. The number of rotatable bonds is 5. The smallest absolute Gasteiger partial charge is 0.181 e. The predicted molar refractivity (Wildman–Crippen MR) is 147 cm³/mol. The minimum atomic E-state index is -0.244. The summed E-state index contributed by atoms with van der Waals surface area (Å²) < 4.78 is 20.8. The fourth-order valence-electron chi connectivity index (χ4n) is 5.48. The van der Waals surface area contributed by atoms with Gasteiger partial charge in [-0.15, -0.1) is 0 Å². The van der Waals surface area contributed by atoms with Gasteiger partial charge in [0.2, 0.25) is 0 Å². The van der Waals surface area contributed by atoms with Gasteiger partial charge in [0, 0.05) is 45.4 Å². The van der Waals surface area contributed by atoms with E-state index in [4.69, 9.17) is 4.74 Å². The van der Waals surface area contributed by atoms with Gasteiger partial charge in [0.15, 0.2) is 5.65 Å². The van der Waals surface area contributed by atoms with E-state index in [1.165, 1.54) is 25.3 Å². The molecular weight excluding hydrogens is 477 g/mol. The normalized spacial score (nSPS) is 14.3. The molecule has 0 radical (unpaired) electrons. The van der Waals surface area contributed by atoms with Gasteiger partial charge in [-0.05, 0) is 61.6 Å². The number of nitrogens with one attached hydrogen (secondary N) is 2. The van der Waals surface area contributed by atoms with Crippen molar-refractivity contribution in [2.75, 3.05) is 0 Å². The molecule has 0 amide bonds. The molecule has 2 N–H and O–H groups in total. The van der Waals surface area contributed by atoms with E-state index in [1.807, 2.05) is 48.8 Å². The Bertz CT molecular complexity index is 1770. The Balaban J connectivity index is 1.26. The molecule has 188 valence electrons. The molecule has 6 nitrogen and oxygen atoms in total. The Labute approximate surface area is 218 Å². The van der Waals surface area contributed by atoms with Crippen molar-refractivity contribution in [2.24, 2.45) is 0 Å². The predicted octanol–water partition coefficient (Wildman–Crippen LogP) is 7.69. The summed E-state index contributed by atoms with van der Waals surface area (Å²) in [4.78, 5) is 12.5. The number of nitrogens with zero attached hydrogens (tertiary/aromatic N) is 3. The highest BCUT2D eigenvalue weighted by molar-refractivity contribution is 6.01. The standard InChI is InChI=1S/C31H26FN5O/c32-27-11-5-4-9-24(27)23-10-6-12-28-25(23)15-29(35-28)30-26-14-20(17-34-31(26)37-36-30)19-13-22(18-33-16-19)38-21-7-2-1-3-8-21/h4-6,9-18,21,35H,1-3,7-8H2,(H,34,36,37). The monoisotopic (exact) mass is 503 g/mol. The fraction of sp³-hybridized carbons (Fsp3) is 0.194. The number of ether oxygens (including phenoxy) is 1. The molecular formula is C31H26FN5O. The first-order valence-corrected chi connectivity index (χ1v) is 13.1. The van der Waals surface area contributed by atoms with Crippen LogP contribution in [-0.4, -0.2) is 31.3 Å². The number of hydrogen-bond donors (Lipinski definition) is 2.